The van der Waals surface area contributed by atoms with Gasteiger partial charge in [0.25, 0.3) is 0 Å². The van der Waals surface area contributed by atoms with Crippen LogP contribution in [0.5, 0.6) is 0 Å². The van der Waals surface area contributed by atoms with E-state index in [2.05, 4.69) is 29.6 Å². The van der Waals surface area contributed by atoms with Gasteiger partial charge in [-0.15, -0.1) is 0 Å². The van der Waals surface area contributed by atoms with Gasteiger partial charge in [-0.2, -0.15) is 5.10 Å². The zero-order valence-electron chi connectivity index (χ0n) is 14.7. The third kappa shape index (κ3) is 4.50. The van der Waals surface area contributed by atoms with Gasteiger partial charge in [0, 0.05) is 5.02 Å². The Labute approximate surface area is 158 Å². The number of halogens is 1. The summed E-state index contributed by atoms with van der Waals surface area (Å²) in [6.45, 7) is 2.09. The Hall–Kier alpha value is -2.65. The molecule has 0 unspecified atom stereocenters. The van der Waals surface area contributed by atoms with Crippen LogP contribution in [-0.2, 0) is 11.2 Å². The summed E-state index contributed by atoms with van der Waals surface area (Å²) in [5.74, 6) is -0.121. The first-order chi connectivity index (χ1) is 12.7. The van der Waals surface area contributed by atoms with E-state index >= 15 is 0 Å². The smallest absolute Gasteiger partial charge is 0.244 e. The van der Waals surface area contributed by atoms with Crippen LogP contribution in [0.15, 0.2) is 71.8 Å². The van der Waals surface area contributed by atoms with Crippen molar-refractivity contribution in [3.63, 3.8) is 0 Å². The van der Waals surface area contributed by atoms with E-state index in [9.17, 15) is 4.79 Å². The summed E-state index contributed by atoms with van der Waals surface area (Å²) in [4.78, 5) is 12.4. The highest BCUT2D eigenvalue weighted by molar-refractivity contribution is 6.30. The zero-order chi connectivity index (χ0) is 18.4. The number of carbonyl (C=O) groups excluding carboxylic acids is 1. The van der Waals surface area contributed by atoms with Crippen molar-refractivity contribution >= 4 is 34.0 Å². The quantitative estimate of drug-likeness (QED) is 0.464. The number of nitrogens with one attached hydrogen (secondary N) is 1. The van der Waals surface area contributed by atoms with E-state index in [1.165, 1.54) is 0 Å². The topological polar surface area (TPSA) is 41.5 Å². The van der Waals surface area contributed by atoms with Gasteiger partial charge in [0.2, 0.25) is 5.91 Å². The molecular formula is C22H21ClN2O. The van der Waals surface area contributed by atoms with E-state index in [1.807, 2.05) is 54.6 Å². The Kier molecular flexibility index (Phi) is 6.03. The molecule has 26 heavy (non-hydrogen) atoms. The first-order valence-electron chi connectivity index (χ1n) is 8.75. The summed E-state index contributed by atoms with van der Waals surface area (Å²) in [5, 5.41) is 7.28. The van der Waals surface area contributed by atoms with Gasteiger partial charge in [-0.25, -0.2) is 5.43 Å². The molecule has 0 bridgehead atoms. The van der Waals surface area contributed by atoms with E-state index in [4.69, 9.17) is 11.6 Å². The average molecular weight is 365 g/mol. The van der Waals surface area contributed by atoms with Crippen LogP contribution in [0.2, 0.25) is 5.02 Å². The highest BCUT2D eigenvalue weighted by Gasteiger charge is 2.08. The summed E-state index contributed by atoms with van der Waals surface area (Å²) in [6, 6.07) is 21.6. The maximum Gasteiger partial charge on any atom is 0.244 e. The van der Waals surface area contributed by atoms with Gasteiger partial charge in [-0.1, -0.05) is 79.5 Å². The fourth-order valence-corrected chi connectivity index (χ4v) is 3.06. The maximum absolute atomic E-state index is 12.4. The molecule has 132 valence electrons. The first-order valence-corrected chi connectivity index (χ1v) is 9.13. The van der Waals surface area contributed by atoms with Gasteiger partial charge in [0.1, 0.15) is 0 Å². The summed E-state index contributed by atoms with van der Waals surface area (Å²) in [6.07, 6.45) is 2.03. The van der Waals surface area contributed by atoms with Crippen molar-refractivity contribution in [1.82, 2.24) is 5.43 Å². The molecule has 3 aromatic carbocycles. The van der Waals surface area contributed by atoms with Crippen LogP contribution in [0, 0.1) is 0 Å². The van der Waals surface area contributed by atoms with E-state index in [0.717, 1.165) is 40.5 Å². The molecule has 0 aliphatic heterocycles. The number of benzene rings is 3. The fraction of sp³-hybridized carbons (Fsp3) is 0.182. The van der Waals surface area contributed by atoms with Crippen molar-refractivity contribution in [3.8, 4) is 0 Å². The lowest BCUT2D eigenvalue weighted by atomic mass is 10.0. The Morgan fingerprint density at radius 1 is 1.00 bits per heavy atom. The fourth-order valence-electron chi connectivity index (χ4n) is 2.93. The van der Waals surface area contributed by atoms with E-state index in [-0.39, 0.29) is 5.91 Å². The number of hydrogen-bond donors (Lipinski definition) is 1. The maximum atomic E-state index is 12.4. The number of fused-ring (bicyclic) bond motifs is 1. The molecule has 0 spiro atoms. The lowest BCUT2D eigenvalue weighted by molar-refractivity contribution is -0.120. The molecule has 0 fully saturated rings. The first kappa shape index (κ1) is 18.2. The van der Waals surface area contributed by atoms with Crippen molar-refractivity contribution in [2.24, 2.45) is 5.10 Å². The molecule has 1 N–H and O–H groups in total. The predicted molar refractivity (Wildman–Crippen MR) is 109 cm³/mol. The van der Waals surface area contributed by atoms with Gasteiger partial charge in [-0.05, 0) is 40.5 Å². The highest BCUT2D eigenvalue weighted by Crippen LogP contribution is 2.19. The Morgan fingerprint density at radius 3 is 2.50 bits per heavy atom. The monoisotopic (exact) mass is 364 g/mol. The Balaban J connectivity index is 1.75. The SMILES string of the molecule is CCCC(=NNC(=O)Cc1cccc2ccccc12)c1ccc(Cl)cc1. The molecule has 0 aliphatic rings. The second-order valence-electron chi connectivity index (χ2n) is 6.17. The largest absolute Gasteiger partial charge is 0.273 e. The summed E-state index contributed by atoms with van der Waals surface area (Å²) in [7, 11) is 0. The second kappa shape index (κ2) is 8.63. The van der Waals surface area contributed by atoms with Crippen molar-refractivity contribution in [1.29, 1.82) is 0 Å². The number of nitrogens with zero attached hydrogens (tertiary/aromatic N) is 1. The summed E-state index contributed by atoms with van der Waals surface area (Å²) < 4.78 is 0. The molecular weight excluding hydrogens is 344 g/mol. The Morgan fingerprint density at radius 2 is 1.73 bits per heavy atom. The van der Waals surface area contributed by atoms with Crippen LogP contribution in [0.1, 0.15) is 30.9 Å². The number of hydrogen-bond acceptors (Lipinski definition) is 2. The van der Waals surface area contributed by atoms with Crippen molar-refractivity contribution in [2.45, 2.75) is 26.2 Å². The summed E-state index contributed by atoms with van der Waals surface area (Å²) in [5.41, 5.74) is 5.54. The van der Waals surface area contributed by atoms with Crippen molar-refractivity contribution in [2.75, 3.05) is 0 Å². The summed E-state index contributed by atoms with van der Waals surface area (Å²) >= 11 is 5.95. The number of carbonyl (C=O) groups is 1. The lowest BCUT2D eigenvalue weighted by Gasteiger charge is -2.08. The minimum Gasteiger partial charge on any atom is -0.273 e. The molecule has 3 aromatic rings. The molecule has 0 atom stereocenters. The van der Waals surface area contributed by atoms with Crippen LogP contribution >= 0.6 is 11.6 Å². The standard InChI is InChI=1S/C22H21ClN2O/c1-2-6-21(17-11-13-19(23)14-12-17)24-25-22(26)15-18-9-5-8-16-7-3-4-10-20(16)18/h3-5,7-14H,2,6,15H2,1H3,(H,25,26). The van der Waals surface area contributed by atoms with Gasteiger partial charge in [0.15, 0.2) is 0 Å². The van der Waals surface area contributed by atoms with Gasteiger partial charge in [-0.3, -0.25) is 4.79 Å². The number of hydrazone groups is 1. The predicted octanol–water partition coefficient (Wildman–Crippen LogP) is 5.36. The van der Waals surface area contributed by atoms with Gasteiger partial charge < -0.3 is 0 Å². The molecule has 0 aliphatic carbocycles. The van der Waals surface area contributed by atoms with Gasteiger partial charge >= 0.3 is 0 Å². The molecule has 0 saturated carbocycles. The lowest BCUT2D eigenvalue weighted by Crippen LogP contribution is -2.22. The van der Waals surface area contributed by atoms with Crippen molar-refractivity contribution < 1.29 is 4.79 Å². The van der Waals surface area contributed by atoms with Crippen molar-refractivity contribution in [3.05, 3.63) is 82.9 Å². The van der Waals surface area contributed by atoms with E-state index in [1.54, 1.807) is 0 Å². The molecule has 1 amide bonds. The minimum atomic E-state index is -0.121. The number of rotatable bonds is 6. The molecule has 3 nitrogen and oxygen atoms in total. The Bertz CT molecular complexity index is 927. The second-order valence-corrected chi connectivity index (χ2v) is 6.60. The van der Waals surface area contributed by atoms with Crippen LogP contribution in [-0.4, -0.2) is 11.6 Å². The number of amides is 1. The molecule has 0 heterocycles. The highest BCUT2D eigenvalue weighted by atomic mass is 35.5. The molecule has 0 radical (unpaired) electrons. The van der Waals surface area contributed by atoms with Gasteiger partial charge in [0.05, 0.1) is 12.1 Å². The molecule has 3 rings (SSSR count). The third-order valence-corrected chi connectivity index (χ3v) is 4.46. The average Bonchev–Trinajstić information content (AvgIpc) is 2.66. The van der Waals surface area contributed by atoms with E-state index < -0.39 is 0 Å². The van der Waals surface area contributed by atoms with Crippen LogP contribution < -0.4 is 5.43 Å². The third-order valence-electron chi connectivity index (χ3n) is 4.21. The van der Waals surface area contributed by atoms with Crippen LogP contribution in [0.4, 0.5) is 0 Å². The van der Waals surface area contributed by atoms with E-state index in [0.29, 0.717) is 11.4 Å². The minimum absolute atomic E-state index is 0.121. The molecule has 0 saturated heterocycles. The molecule has 0 aromatic heterocycles. The zero-order valence-corrected chi connectivity index (χ0v) is 15.5. The molecule has 4 heteroatoms. The van der Waals surface area contributed by atoms with Crippen LogP contribution in [0.3, 0.4) is 0 Å². The normalized spacial score (nSPS) is 11.5. The van der Waals surface area contributed by atoms with Crippen LogP contribution in [0.25, 0.3) is 10.8 Å².